The van der Waals surface area contributed by atoms with Crippen LogP contribution >= 0.6 is 0 Å². The molecule has 0 spiro atoms. The van der Waals surface area contributed by atoms with E-state index in [-0.39, 0.29) is 11.3 Å². The molecule has 1 aliphatic rings. The van der Waals surface area contributed by atoms with Gasteiger partial charge in [0.2, 0.25) is 5.82 Å². The normalized spacial score (nSPS) is 15.3. The van der Waals surface area contributed by atoms with Crippen LogP contribution in [0.3, 0.4) is 0 Å². The van der Waals surface area contributed by atoms with Crippen LogP contribution in [0, 0.1) is 11.6 Å². The highest BCUT2D eigenvalue weighted by Gasteiger charge is 2.18. The first-order valence-electron chi connectivity index (χ1n) is 9.42. The first kappa shape index (κ1) is 17.9. The maximum absolute atomic E-state index is 14.5. The molecule has 0 heterocycles. The smallest absolute Gasteiger partial charge is 0.201 e. The third-order valence-corrected chi connectivity index (χ3v) is 5.10. The van der Waals surface area contributed by atoms with E-state index >= 15 is 0 Å². The lowest BCUT2D eigenvalue weighted by atomic mass is 9.83. The maximum Gasteiger partial charge on any atom is 0.201 e. The van der Waals surface area contributed by atoms with Crippen LogP contribution in [0.15, 0.2) is 36.4 Å². The van der Waals surface area contributed by atoms with E-state index in [4.69, 9.17) is 4.74 Å². The van der Waals surface area contributed by atoms with Gasteiger partial charge in [0.1, 0.15) is 0 Å². The number of rotatable bonds is 6. The summed E-state index contributed by atoms with van der Waals surface area (Å²) in [6.07, 6.45) is 8.13. The molecule has 134 valence electrons. The Labute approximate surface area is 149 Å². The van der Waals surface area contributed by atoms with Gasteiger partial charge in [0, 0.05) is 5.56 Å². The standard InChI is InChI=1S/C22H26F2O/c1-2-3-15-25-20-14-13-19(21(23)22(20)24)18-11-9-17(10-12-18)16-7-5-4-6-8-16/h9-14,16H,2-8,15H2,1H3. The van der Waals surface area contributed by atoms with Crippen LogP contribution in [0.5, 0.6) is 5.75 Å². The third kappa shape index (κ3) is 4.20. The summed E-state index contributed by atoms with van der Waals surface area (Å²) >= 11 is 0. The minimum Gasteiger partial charge on any atom is -0.490 e. The summed E-state index contributed by atoms with van der Waals surface area (Å²) < 4.78 is 34.0. The Kier molecular flexibility index (Phi) is 6.06. The van der Waals surface area contributed by atoms with E-state index < -0.39 is 11.6 Å². The molecule has 0 atom stereocenters. The molecule has 0 amide bonds. The average Bonchev–Trinajstić information content (AvgIpc) is 2.66. The van der Waals surface area contributed by atoms with Gasteiger partial charge in [0.25, 0.3) is 0 Å². The van der Waals surface area contributed by atoms with Gasteiger partial charge < -0.3 is 4.74 Å². The molecule has 25 heavy (non-hydrogen) atoms. The molecular formula is C22H26F2O. The van der Waals surface area contributed by atoms with E-state index in [1.165, 1.54) is 43.7 Å². The fourth-order valence-electron chi connectivity index (χ4n) is 3.56. The fourth-order valence-corrected chi connectivity index (χ4v) is 3.56. The Hall–Kier alpha value is -1.90. The van der Waals surface area contributed by atoms with Gasteiger partial charge in [-0.05, 0) is 48.4 Å². The van der Waals surface area contributed by atoms with E-state index in [9.17, 15) is 8.78 Å². The van der Waals surface area contributed by atoms with E-state index in [2.05, 4.69) is 12.1 Å². The molecule has 3 rings (SSSR count). The third-order valence-electron chi connectivity index (χ3n) is 5.10. The van der Waals surface area contributed by atoms with Gasteiger partial charge in [0.05, 0.1) is 6.61 Å². The lowest BCUT2D eigenvalue weighted by Crippen LogP contribution is -2.04. The molecule has 0 unspecified atom stereocenters. The van der Waals surface area contributed by atoms with Gasteiger partial charge in [-0.2, -0.15) is 4.39 Å². The Morgan fingerprint density at radius 3 is 2.32 bits per heavy atom. The van der Waals surface area contributed by atoms with Gasteiger partial charge in [-0.1, -0.05) is 56.9 Å². The second-order valence-corrected chi connectivity index (χ2v) is 6.90. The predicted octanol–water partition coefficient (Wildman–Crippen LogP) is 6.86. The van der Waals surface area contributed by atoms with Crippen LogP contribution in [0.1, 0.15) is 63.4 Å². The van der Waals surface area contributed by atoms with E-state index in [0.717, 1.165) is 12.8 Å². The molecule has 1 saturated carbocycles. The van der Waals surface area contributed by atoms with Crippen molar-refractivity contribution in [1.29, 1.82) is 0 Å². The number of hydrogen-bond donors (Lipinski definition) is 0. The van der Waals surface area contributed by atoms with Gasteiger partial charge in [-0.25, -0.2) is 4.39 Å². The lowest BCUT2D eigenvalue weighted by molar-refractivity contribution is 0.289. The summed E-state index contributed by atoms with van der Waals surface area (Å²) in [7, 11) is 0. The predicted molar refractivity (Wildman–Crippen MR) is 98.0 cm³/mol. The summed E-state index contributed by atoms with van der Waals surface area (Å²) in [4.78, 5) is 0. The van der Waals surface area contributed by atoms with Gasteiger partial charge in [0.15, 0.2) is 11.6 Å². The van der Waals surface area contributed by atoms with Gasteiger partial charge in [-0.15, -0.1) is 0 Å². The molecule has 0 saturated heterocycles. The monoisotopic (exact) mass is 344 g/mol. The molecule has 1 fully saturated rings. The molecule has 0 N–H and O–H groups in total. The van der Waals surface area contributed by atoms with Crippen molar-refractivity contribution in [2.24, 2.45) is 0 Å². The summed E-state index contributed by atoms with van der Waals surface area (Å²) in [5, 5.41) is 0. The molecule has 3 heteroatoms. The Morgan fingerprint density at radius 1 is 0.920 bits per heavy atom. The van der Waals surface area contributed by atoms with Crippen molar-refractivity contribution in [2.75, 3.05) is 6.61 Å². The van der Waals surface area contributed by atoms with Crippen molar-refractivity contribution >= 4 is 0 Å². The van der Waals surface area contributed by atoms with Gasteiger partial charge in [-0.3, -0.25) is 0 Å². The summed E-state index contributed by atoms with van der Waals surface area (Å²) in [5.41, 5.74) is 2.30. The first-order chi connectivity index (χ1) is 12.2. The van der Waals surface area contributed by atoms with Crippen LogP contribution in [0.25, 0.3) is 11.1 Å². The fraction of sp³-hybridized carbons (Fsp3) is 0.455. The zero-order valence-corrected chi connectivity index (χ0v) is 14.9. The molecule has 0 aromatic heterocycles. The van der Waals surface area contributed by atoms with Crippen molar-refractivity contribution in [2.45, 2.75) is 57.8 Å². The Bertz CT molecular complexity index is 688. The van der Waals surface area contributed by atoms with E-state index in [0.29, 0.717) is 18.1 Å². The van der Waals surface area contributed by atoms with Crippen molar-refractivity contribution < 1.29 is 13.5 Å². The average molecular weight is 344 g/mol. The van der Waals surface area contributed by atoms with Crippen LogP contribution < -0.4 is 4.74 Å². The van der Waals surface area contributed by atoms with E-state index in [1.54, 1.807) is 6.07 Å². The molecular weight excluding hydrogens is 318 g/mol. The summed E-state index contributed by atoms with van der Waals surface area (Å²) in [6.45, 7) is 2.43. The highest BCUT2D eigenvalue weighted by molar-refractivity contribution is 5.65. The maximum atomic E-state index is 14.5. The second-order valence-electron chi connectivity index (χ2n) is 6.90. The zero-order chi connectivity index (χ0) is 17.6. The zero-order valence-electron chi connectivity index (χ0n) is 14.9. The number of halogens is 2. The summed E-state index contributed by atoms with van der Waals surface area (Å²) in [5.74, 6) is -1.13. The lowest BCUT2D eigenvalue weighted by Gasteiger charge is -2.22. The number of hydrogen-bond acceptors (Lipinski definition) is 1. The number of ether oxygens (including phenoxy) is 1. The second kappa shape index (κ2) is 8.46. The number of benzene rings is 2. The number of unbranched alkanes of at least 4 members (excludes halogenated alkanes) is 1. The SMILES string of the molecule is CCCCOc1ccc(-c2ccc(C3CCCCC3)cc2)c(F)c1F. The van der Waals surface area contributed by atoms with Crippen LogP contribution in [0.2, 0.25) is 0 Å². The minimum atomic E-state index is -0.898. The van der Waals surface area contributed by atoms with Crippen molar-refractivity contribution in [3.63, 3.8) is 0 Å². The van der Waals surface area contributed by atoms with Crippen molar-refractivity contribution in [3.05, 3.63) is 53.6 Å². The van der Waals surface area contributed by atoms with Gasteiger partial charge >= 0.3 is 0 Å². The van der Waals surface area contributed by atoms with Crippen molar-refractivity contribution in [1.82, 2.24) is 0 Å². The molecule has 0 radical (unpaired) electrons. The topological polar surface area (TPSA) is 9.23 Å². The van der Waals surface area contributed by atoms with Crippen LogP contribution in [0.4, 0.5) is 8.78 Å². The highest BCUT2D eigenvalue weighted by Crippen LogP contribution is 2.35. The minimum absolute atomic E-state index is 0.00599. The molecule has 0 bridgehead atoms. The molecule has 2 aromatic carbocycles. The largest absolute Gasteiger partial charge is 0.490 e. The molecule has 2 aromatic rings. The summed E-state index contributed by atoms with van der Waals surface area (Å²) in [6, 6.07) is 11.1. The molecule has 1 nitrogen and oxygen atoms in total. The van der Waals surface area contributed by atoms with Crippen molar-refractivity contribution in [3.8, 4) is 16.9 Å². The van der Waals surface area contributed by atoms with Crippen LogP contribution in [-0.2, 0) is 0 Å². The quantitative estimate of drug-likeness (QED) is 0.520. The molecule has 1 aliphatic carbocycles. The highest BCUT2D eigenvalue weighted by atomic mass is 19.2. The Morgan fingerprint density at radius 2 is 1.64 bits per heavy atom. The molecule has 0 aliphatic heterocycles. The first-order valence-corrected chi connectivity index (χ1v) is 9.42. The Balaban J connectivity index is 1.78. The van der Waals surface area contributed by atoms with E-state index in [1.807, 2.05) is 19.1 Å². The van der Waals surface area contributed by atoms with Crippen LogP contribution in [-0.4, -0.2) is 6.61 Å².